The molecule has 1 unspecified atom stereocenters. The van der Waals surface area contributed by atoms with Crippen LogP contribution in [0.25, 0.3) is 0 Å². The topological polar surface area (TPSA) is 115 Å². The van der Waals surface area contributed by atoms with Gasteiger partial charge >= 0.3 is 5.69 Å². The van der Waals surface area contributed by atoms with Crippen LogP contribution in [0.2, 0.25) is 0 Å². The van der Waals surface area contributed by atoms with Crippen LogP contribution in [-0.4, -0.2) is 22.8 Å². The highest BCUT2D eigenvalue weighted by Gasteiger charge is 2.23. The fraction of sp³-hybridized carbons (Fsp3) is 0.200. The van der Waals surface area contributed by atoms with Gasteiger partial charge in [0, 0.05) is 0 Å². The third kappa shape index (κ3) is 3.21. The molecule has 0 aliphatic heterocycles. The third-order valence-corrected chi connectivity index (χ3v) is 2.25. The van der Waals surface area contributed by atoms with E-state index in [1.165, 1.54) is 6.92 Å². The molecule has 0 fully saturated rings. The summed E-state index contributed by atoms with van der Waals surface area (Å²) in [5.41, 5.74) is 3.04. The van der Waals surface area contributed by atoms with E-state index in [9.17, 15) is 28.5 Å². The van der Waals surface area contributed by atoms with Crippen LogP contribution < -0.4 is 11.1 Å². The second kappa shape index (κ2) is 5.38. The molecule has 19 heavy (non-hydrogen) atoms. The van der Waals surface area contributed by atoms with Gasteiger partial charge in [0.25, 0.3) is 5.91 Å². The van der Waals surface area contributed by atoms with E-state index < -0.39 is 45.7 Å². The number of nitrogens with two attached hydrogens (primary N) is 1. The van der Waals surface area contributed by atoms with Gasteiger partial charge in [0.05, 0.1) is 16.6 Å². The van der Waals surface area contributed by atoms with Crippen LogP contribution in [0.4, 0.5) is 14.5 Å². The van der Waals surface area contributed by atoms with Gasteiger partial charge < -0.3 is 11.1 Å². The van der Waals surface area contributed by atoms with Gasteiger partial charge in [-0.1, -0.05) is 0 Å². The zero-order valence-electron chi connectivity index (χ0n) is 9.65. The zero-order valence-corrected chi connectivity index (χ0v) is 9.65. The molecule has 0 saturated carbocycles. The lowest BCUT2D eigenvalue weighted by atomic mass is 10.1. The maximum absolute atomic E-state index is 13.4. The average molecular weight is 273 g/mol. The first-order chi connectivity index (χ1) is 8.73. The molecule has 3 N–H and O–H groups in total. The van der Waals surface area contributed by atoms with Crippen molar-refractivity contribution in [2.75, 3.05) is 0 Å². The lowest BCUT2D eigenvalue weighted by Gasteiger charge is -2.10. The normalized spacial score (nSPS) is 11.7. The van der Waals surface area contributed by atoms with Gasteiger partial charge in [0.2, 0.25) is 11.7 Å². The molecule has 0 radical (unpaired) electrons. The molecule has 102 valence electrons. The van der Waals surface area contributed by atoms with Gasteiger partial charge in [-0.25, -0.2) is 4.39 Å². The van der Waals surface area contributed by atoms with Crippen LogP contribution in [0.1, 0.15) is 17.3 Å². The van der Waals surface area contributed by atoms with Gasteiger partial charge in [-0.05, 0) is 13.0 Å². The summed E-state index contributed by atoms with van der Waals surface area (Å²) < 4.78 is 26.7. The van der Waals surface area contributed by atoms with Crippen LogP contribution in [0, 0.1) is 21.7 Å². The molecule has 0 aliphatic rings. The minimum Gasteiger partial charge on any atom is -0.368 e. The van der Waals surface area contributed by atoms with Crippen molar-refractivity contribution < 1.29 is 23.3 Å². The second-order valence-electron chi connectivity index (χ2n) is 3.64. The average Bonchev–Trinajstić information content (AvgIpc) is 2.30. The van der Waals surface area contributed by atoms with Crippen molar-refractivity contribution in [2.24, 2.45) is 5.73 Å². The standard InChI is InChI=1S/C10H9F2N3O4/c1-4(9(13)16)14-10(17)5-2-7(12)8(15(18)19)3-6(5)11/h2-4H,1H3,(H2,13,16)(H,14,17). The molecule has 0 heterocycles. The van der Waals surface area contributed by atoms with Crippen LogP contribution >= 0.6 is 0 Å². The van der Waals surface area contributed by atoms with Gasteiger partial charge in [0.15, 0.2) is 0 Å². The van der Waals surface area contributed by atoms with Crippen molar-refractivity contribution in [1.29, 1.82) is 0 Å². The molecule has 9 heteroatoms. The third-order valence-electron chi connectivity index (χ3n) is 2.25. The Kier molecular flexibility index (Phi) is 4.10. The van der Waals surface area contributed by atoms with E-state index >= 15 is 0 Å². The highest BCUT2D eigenvalue weighted by atomic mass is 19.1. The molecule has 0 spiro atoms. The number of hydrogen-bond acceptors (Lipinski definition) is 4. The Hall–Kier alpha value is -2.58. The van der Waals surface area contributed by atoms with Crippen LogP contribution in [0.15, 0.2) is 12.1 Å². The SMILES string of the molecule is CC(NC(=O)c1cc(F)c([N+](=O)[O-])cc1F)C(N)=O. The summed E-state index contributed by atoms with van der Waals surface area (Å²) in [7, 11) is 0. The summed E-state index contributed by atoms with van der Waals surface area (Å²) in [5.74, 6) is -4.60. The first-order valence-corrected chi connectivity index (χ1v) is 4.97. The number of nitro groups is 1. The number of nitro benzene ring substituents is 1. The number of nitrogens with zero attached hydrogens (tertiary/aromatic N) is 1. The van der Waals surface area contributed by atoms with Crippen LogP contribution in [0.3, 0.4) is 0 Å². The molecule has 7 nitrogen and oxygen atoms in total. The summed E-state index contributed by atoms with van der Waals surface area (Å²) in [5, 5.41) is 12.4. The van der Waals surface area contributed by atoms with Crippen molar-refractivity contribution in [3.8, 4) is 0 Å². The minimum atomic E-state index is -1.36. The van der Waals surface area contributed by atoms with Gasteiger partial charge in [-0.15, -0.1) is 0 Å². The predicted octanol–water partition coefficient (Wildman–Crippen LogP) is 0.477. The number of primary amides is 1. The Labute approximate surface area is 105 Å². The summed E-state index contributed by atoms with van der Waals surface area (Å²) in [4.78, 5) is 31.5. The maximum atomic E-state index is 13.4. The zero-order chi connectivity index (χ0) is 14.7. The molecule has 0 aromatic heterocycles. The van der Waals surface area contributed by atoms with Crippen molar-refractivity contribution in [3.63, 3.8) is 0 Å². The monoisotopic (exact) mass is 273 g/mol. The molecule has 1 atom stereocenters. The number of carbonyl (C=O) groups excluding carboxylic acids is 2. The van der Waals surface area contributed by atoms with E-state index in [0.29, 0.717) is 12.1 Å². The van der Waals surface area contributed by atoms with Crippen molar-refractivity contribution >= 4 is 17.5 Å². The van der Waals surface area contributed by atoms with Crippen molar-refractivity contribution in [1.82, 2.24) is 5.32 Å². The van der Waals surface area contributed by atoms with Gasteiger partial charge in [-0.3, -0.25) is 19.7 Å². The largest absolute Gasteiger partial charge is 0.368 e. The van der Waals surface area contributed by atoms with E-state index in [1.54, 1.807) is 0 Å². The Morgan fingerprint density at radius 2 is 1.95 bits per heavy atom. The lowest BCUT2D eigenvalue weighted by Crippen LogP contribution is -2.42. The molecule has 1 aromatic rings. The first-order valence-electron chi connectivity index (χ1n) is 4.97. The number of rotatable bonds is 4. The van der Waals surface area contributed by atoms with E-state index in [-0.39, 0.29) is 0 Å². The first kappa shape index (κ1) is 14.5. The number of nitrogens with one attached hydrogen (secondary N) is 1. The molecular weight excluding hydrogens is 264 g/mol. The Bertz CT molecular complexity index is 562. The van der Waals surface area contributed by atoms with Gasteiger partial charge in [0.1, 0.15) is 11.9 Å². The number of halogens is 2. The minimum absolute atomic E-state index is 0.291. The molecule has 0 aliphatic carbocycles. The Morgan fingerprint density at radius 1 is 1.37 bits per heavy atom. The van der Waals surface area contributed by atoms with E-state index in [4.69, 9.17) is 5.73 Å². The summed E-state index contributed by atoms with van der Waals surface area (Å²) in [6, 6.07) is -0.416. The number of carbonyl (C=O) groups is 2. The maximum Gasteiger partial charge on any atom is 0.307 e. The number of amides is 2. The summed E-state index contributed by atoms with van der Waals surface area (Å²) >= 11 is 0. The number of hydrogen-bond donors (Lipinski definition) is 2. The Balaban J connectivity index is 3.08. The van der Waals surface area contributed by atoms with Crippen molar-refractivity contribution in [2.45, 2.75) is 13.0 Å². The summed E-state index contributed by atoms with van der Waals surface area (Å²) in [6.07, 6.45) is 0. The Morgan fingerprint density at radius 3 is 2.42 bits per heavy atom. The van der Waals surface area contributed by atoms with E-state index in [1.807, 2.05) is 5.32 Å². The molecule has 1 aromatic carbocycles. The molecular formula is C10H9F2N3O4. The van der Waals surface area contributed by atoms with Crippen LogP contribution in [-0.2, 0) is 4.79 Å². The quantitative estimate of drug-likeness (QED) is 0.613. The van der Waals surface area contributed by atoms with Gasteiger partial charge in [-0.2, -0.15) is 4.39 Å². The molecule has 1 rings (SSSR count). The fourth-order valence-electron chi connectivity index (χ4n) is 1.20. The lowest BCUT2D eigenvalue weighted by molar-refractivity contribution is -0.387. The predicted molar refractivity (Wildman–Crippen MR) is 59.1 cm³/mol. The molecule has 0 bridgehead atoms. The fourth-order valence-corrected chi connectivity index (χ4v) is 1.20. The number of benzene rings is 1. The highest BCUT2D eigenvalue weighted by Crippen LogP contribution is 2.21. The van der Waals surface area contributed by atoms with Crippen molar-refractivity contribution in [3.05, 3.63) is 39.4 Å². The summed E-state index contributed by atoms with van der Waals surface area (Å²) in [6.45, 7) is 1.25. The molecule has 0 saturated heterocycles. The van der Waals surface area contributed by atoms with E-state index in [0.717, 1.165) is 0 Å². The molecule has 2 amide bonds. The van der Waals surface area contributed by atoms with E-state index in [2.05, 4.69) is 0 Å². The highest BCUT2D eigenvalue weighted by molar-refractivity contribution is 5.97. The second-order valence-corrected chi connectivity index (χ2v) is 3.64. The van der Waals surface area contributed by atoms with Crippen LogP contribution in [0.5, 0.6) is 0 Å². The smallest absolute Gasteiger partial charge is 0.307 e.